The van der Waals surface area contributed by atoms with Crippen LogP contribution in [0, 0.1) is 12.7 Å². The summed E-state index contributed by atoms with van der Waals surface area (Å²) in [5.41, 5.74) is 0.0124. The summed E-state index contributed by atoms with van der Waals surface area (Å²) in [7, 11) is 0. The van der Waals surface area contributed by atoms with Gasteiger partial charge < -0.3 is 0 Å². The van der Waals surface area contributed by atoms with Crippen molar-refractivity contribution >= 4 is 27.5 Å². The Kier molecular flexibility index (Phi) is 4.63. The van der Waals surface area contributed by atoms with Crippen molar-refractivity contribution in [1.29, 1.82) is 0 Å². The van der Waals surface area contributed by atoms with E-state index in [0.717, 1.165) is 12.1 Å². The first kappa shape index (κ1) is 16.3. The largest absolute Gasteiger partial charge is 0.416 e. The van der Waals surface area contributed by atoms with E-state index in [2.05, 4.69) is 15.9 Å². The minimum absolute atomic E-state index is 0.0397. The van der Waals surface area contributed by atoms with E-state index in [0.29, 0.717) is 11.1 Å². The van der Waals surface area contributed by atoms with Gasteiger partial charge in [0.1, 0.15) is 5.82 Å². The standard InChI is InChI=1S/C15H10BrClF4/c1-8-6-10(12(17)7-13(8)18)14(16)9-4-2-3-5-11(9)15(19,20)21/h2-7,14H,1H3. The number of alkyl halides is 4. The van der Waals surface area contributed by atoms with Crippen LogP contribution in [-0.4, -0.2) is 0 Å². The molecule has 0 aromatic heterocycles. The van der Waals surface area contributed by atoms with Gasteiger partial charge in [0, 0.05) is 5.02 Å². The van der Waals surface area contributed by atoms with Crippen LogP contribution in [0.1, 0.15) is 27.1 Å². The van der Waals surface area contributed by atoms with E-state index in [4.69, 9.17) is 11.6 Å². The van der Waals surface area contributed by atoms with Gasteiger partial charge in [0.2, 0.25) is 0 Å². The second kappa shape index (κ2) is 5.97. The molecule has 0 fully saturated rings. The first-order valence-corrected chi connectivity index (χ1v) is 7.27. The van der Waals surface area contributed by atoms with Crippen molar-refractivity contribution in [1.82, 2.24) is 0 Å². The van der Waals surface area contributed by atoms with Crippen LogP contribution in [0.15, 0.2) is 36.4 Å². The molecule has 0 nitrogen and oxygen atoms in total. The Bertz CT molecular complexity index is 667. The summed E-state index contributed by atoms with van der Waals surface area (Å²) in [5, 5.41) is 0.0805. The fourth-order valence-corrected chi connectivity index (χ4v) is 3.19. The molecule has 2 rings (SSSR count). The third-order valence-corrected chi connectivity index (χ3v) is 4.40. The van der Waals surface area contributed by atoms with Crippen LogP contribution in [0.4, 0.5) is 17.6 Å². The normalized spacial score (nSPS) is 13.3. The van der Waals surface area contributed by atoms with E-state index in [1.807, 2.05) is 0 Å². The zero-order chi connectivity index (χ0) is 15.8. The molecule has 0 saturated heterocycles. The summed E-state index contributed by atoms with van der Waals surface area (Å²) in [4.78, 5) is -0.776. The van der Waals surface area contributed by atoms with Crippen LogP contribution in [0.2, 0.25) is 5.02 Å². The van der Waals surface area contributed by atoms with Crippen molar-refractivity contribution in [2.24, 2.45) is 0 Å². The van der Waals surface area contributed by atoms with Gasteiger partial charge in [-0.3, -0.25) is 0 Å². The highest BCUT2D eigenvalue weighted by Crippen LogP contribution is 2.42. The second-order valence-electron chi connectivity index (χ2n) is 4.57. The van der Waals surface area contributed by atoms with Crippen LogP contribution in [0.3, 0.4) is 0 Å². The summed E-state index contributed by atoms with van der Waals surface area (Å²) in [6, 6.07) is 7.78. The fourth-order valence-electron chi connectivity index (χ4n) is 2.02. The number of hydrogen-bond donors (Lipinski definition) is 0. The van der Waals surface area contributed by atoms with Gasteiger partial charge >= 0.3 is 6.18 Å². The Morgan fingerprint density at radius 1 is 1.10 bits per heavy atom. The molecule has 1 atom stereocenters. The molecule has 0 heterocycles. The molecule has 6 heteroatoms. The molecule has 0 aliphatic rings. The van der Waals surface area contributed by atoms with E-state index in [9.17, 15) is 17.6 Å². The summed E-state index contributed by atoms with van der Waals surface area (Å²) >= 11 is 9.20. The summed E-state index contributed by atoms with van der Waals surface area (Å²) in [6.07, 6.45) is -4.47. The molecule has 0 N–H and O–H groups in total. The van der Waals surface area contributed by atoms with Gasteiger partial charge in [-0.05, 0) is 35.7 Å². The Labute approximate surface area is 132 Å². The quantitative estimate of drug-likeness (QED) is 0.423. The highest BCUT2D eigenvalue weighted by Gasteiger charge is 2.35. The van der Waals surface area contributed by atoms with E-state index in [1.54, 1.807) is 0 Å². The molecule has 112 valence electrons. The Balaban J connectivity index is 2.56. The lowest BCUT2D eigenvalue weighted by Crippen LogP contribution is -2.10. The van der Waals surface area contributed by atoms with Gasteiger partial charge in [0.15, 0.2) is 0 Å². The van der Waals surface area contributed by atoms with Gasteiger partial charge in [0.05, 0.1) is 10.4 Å². The highest BCUT2D eigenvalue weighted by atomic mass is 79.9. The molecular formula is C15H10BrClF4. The molecule has 0 spiro atoms. The van der Waals surface area contributed by atoms with Crippen molar-refractivity contribution in [2.75, 3.05) is 0 Å². The van der Waals surface area contributed by atoms with Crippen molar-refractivity contribution in [3.8, 4) is 0 Å². The molecule has 0 bridgehead atoms. The third kappa shape index (κ3) is 3.40. The Morgan fingerprint density at radius 2 is 1.71 bits per heavy atom. The summed E-state index contributed by atoms with van der Waals surface area (Å²) in [5.74, 6) is -0.493. The van der Waals surface area contributed by atoms with Gasteiger partial charge in [-0.15, -0.1) is 0 Å². The minimum atomic E-state index is -4.47. The maximum atomic E-state index is 13.4. The first-order valence-electron chi connectivity index (χ1n) is 5.97. The number of hydrogen-bond acceptors (Lipinski definition) is 0. The summed E-state index contributed by atoms with van der Waals surface area (Å²) in [6.45, 7) is 1.53. The van der Waals surface area contributed by atoms with Crippen molar-refractivity contribution < 1.29 is 17.6 Å². The lowest BCUT2D eigenvalue weighted by atomic mass is 9.98. The zero-order valence-corrected chi connectivity index (χ0v) is 13.2. The van der Waals surface area contributed by atoms with Crippen LogP contribution < -0.4 is 0 Å². The average molecular weight is 382 g/mol. The van der Waals surface area contributed by atoms with Gasteiger partial charge in [-0.1, -0.05) is 51.8 Å². The van der Waals surface area contributed by atoms with E-state index < -0.39 is 22.4 Å². The second-order valence-corrected chi connectivity index (χ2v) is 5.89. The molecule has 0 amide bonds. The third-order valence-electron chi connectivity index (χ3n) is 3.09. The highest BCUT2D eigenvalue weighted by molar-refractivity contribution is 9.09. The molecule has 0 aliphatic carbocycles. The molecule has 0 aliphatic heterocycles. The zero-order valence-electron chi connectivity index (χ0n) is 10.8. The first-order chi connectivity index (χ1) is 9.71. The Hall–Kier alpha value is -1.07. The topological polar surface area (TPSA) is 0 Å². The number of halogens is 6. The van der Waals surface area contributed by atoms with E-state index in [-0.39, 0.29) is 10.6 Å². The van der Waals surface area contributed by atoms with Gasteiger partial charge in [-0.25, -0.2) is 4.39 Å². The average Bonchev–Trinajstić information content (AvgIpc) is 2.41. The van der Waals surface area contributed by atoms with Crippen LogP contribution >= 0.6 is 27.5 Å². The predicted octanol–water partition coefficient (Wildman–Crippen LogP) is 6.29. The predicted molar refractivity (Wildman–Crippen MR) is 78.4 cm³/mol. The number of rotatable bonds is 2. The van der Waals surface area contributed by atoms with Crippen LogP contribution in [0.5, 0.6) is 0 Å². The maximum Gasteiger partial charge on any atom is 0.416 e. The molecule has 0 radical (unpaired) electrons. The van der Waals surface area contributed by atoms with Crippen molar-refractivity contribution in [3.63, 3.8) is 0 Å². The Morgan fingerprint density at radius 3 is 2.33 bits per heavy atom. The monoisotopic (exact) mass is 380 g/mol. The van der Waals surface area contributed by atoms with Crippen LogP contribution in [0.25, 0.3) is 0 Å². The lowest BCUT2D eigenvalue weighted by Gasteiger charge is -2.19. The molecule has 2 aromatic rings. The van der Waals surface area contributed by atoms with E-state index >= 15 is 0 Å². The smallest absolute Gasteiger partial charge is 0.207 e. The molecule has 1 unspecified atom stereocenters. The number of aryl methyl sites for hydroxylation is 1. The lowest BCUT2D eigenvalue weighted by molar-refractivity contribution is -0.138. The van der Waals surface area contributed by atoms with Crippen molar-refractivity contribution in [2.45, 2.75) is 17.9 Å². The van der Waals surface area contributed by atoms with Gasteiger partial charge in [-0.2, -0.15) is 13.2 Å². The minimum Gasteiger partial charge on any atom is -0.207 e. The molecule has 0 saturated carbocycles. The van der Waals surface area contributed by atoms with Crippen molar-refractivity contribution in [3.05, 3.63) is 69.5 Å². The number of benzene rings is 2. The maximum absolute atomic E-state index is 13.4. The van der Waals surface area contributed by atoms with Gasteiger partial charge in [0.25, 0.3) is 0 Å². The van der Waals surface area contributed by atoms with E-state index in [1.165, 1.54) is 31.2 Å². The molecule has 2 aromatic carbocycles. The fraction of sp³-hybridized carbons (Fsp3) is 0.200. The molecule has 21 heavy (non-hydrogen) atoms. The summed E-state index contributed by atoms with van der Waals surface area (Å²) < 4.78 is 52.6. The SMILES string of the molecule is Cc1cc(C(Br)c2ccccc2C(F)(F)F)c(Cl)cc1F. The van der Waals surface area contributed by atoms with Crippen LogP contribution in [-0.2, 0) is 6.18 Å². The molecular weight excluding hydrogens is 372 g/mol.